The average Bonchev–Trinajstić information content (AvgIpc) is 2.57. The molecule has 1 fully saturated rings. The molecule has 22 heavy (non-hydrogen) atoms. The predicted octanol–water partition coefficient (Wildman–Crippen LogP) is 1.73. The second-order valence-corrected chi connectivity index (χ2v) is 5.43. The highest BCUT2D eigenvalue weighted by molar-refractivity contribution is 5.87. The molecular formula is C17H22N2O3. The number of benzene rings is 1. The molecule has 5 nitrogen and oxygen atoms in total. The summed E-state index contributed by atoms with van der Waals surface area (Å²) in [7, 11) is 0. The Morgan fingerprint density at radius 3 is 2.77 bits per heavy atom. The van der Waals surface area contributed by atoms with Crippen LogP contribution in [0.4, 0.5) is 0 Å². The Labute approximate surface area is 130 Å². The first kappa shape index (κ1) is 15.1. The molecule has 0 spiro atoms. The molecule has 1 aromatic carbocycles. The fraction of sp³-hybridized carbons (Fsp3) is 0.471. The number of morpholine rings is 1. The van der Waals surface area contributed by atoms with Crippen LogP contribution in [-0.2, 0) is 11.3 Å². The van der Waals surface area contributed by atoms with E-state index in [1.54, 1.807) is 4.57 Å². The molecular weight excluding hydrogens is 280 g/mol. The summed E-state index contributed by atoms with van der Waals surface area (Å²) < 4.78 is 13.0. The van der Waals surface area contributed by atoms with E-state index >= 15 is 0 Å². The minimum Gasteiger partial charge on any atom is -0.492 e. The molecule has 0 unspecified atom stereocenters. The van der Waals surface area contributed by atoms with Crippen molar-refractivity contribution < 1.29 is 9.47 Å². The van der Waals surface area contributed by atoms with Crippen LogP contribution in [0.3, 0.4) is 0 Å². The Kier molecular flexibility index (Phi) is 4.75. The van der Waals surface area contributed by atoms with Crippen molar-refractivity contribution in [3.05, 3.63) is 40.8 Å². The zero-order valence-corrected chi connectivity index (χ0v) is 13.0. The van der Waals surface area contributed by atoms with E-state index in [9.17, 15) is 4.79 Å². The van der Waals surface area contributed by atoms with E-state index < -0.39 is 0 Å². The molecule has 0 radical (unpaired) electrons. The number of nitrogens with zero attached hydrogens (tertiary/aromatic N) is 2. The smallest absolute Gasteiger partial charge is 0.258 e. The van der Waals surface area contributed by atoms with E-state index in [2.05, 4.69) is 4.90 Å². The maximum atomic E-state index is 12.3. The number of fused-ring (bicyclic) bond motifs is 1. The molecule has 2 heterocycles. The number of ether oxygens (including phenoxy) is 2. The molecule has 5 heteroatoms. The standard InChI is InChI=1S/C17H22N2O3/c1-2-19-7-6-14-15(17(19)20)4-3-5-16(14)22-13-10-18-8-11-21-12-9-18/h3-7H,2,8-13H2,1H3. The van der Waals surface area contributed by atoms with Crippen molar-refractivity contribution in [1.82, 2.24) is 9.47 Å². The normalized spacial score (nSPS) is 16.0. The zero-order chi connectivity index (χ0) is 15.4. The van der Waals surface area contributed by atoms with Crippen molar-refractivity contribution in [2.45, 2.75) is 13.5 Å². The van der Waals surface area contributed by atoms with Crippen molar-refractivity contribution in [3.8, 4) is 5.75 Å². The molecule has 1 aromatic heterocycles. The van der Waals surface area contributed by atoms with Gasteiger partial charge in [-0.15, -0.1) is 0 Å². The Morgan fingerprint density at radius 2 is 2.00 bits per heavy atom. The van der Waals surface area contributed by atoms with Gasteiger partial charge in [-0.1, -0.05) is 6.07 Å². The van der Waals surface area contributed by atoms with Crippen LogP contribution in [-0.4, -0.2) is 48.9 Å². The third kappa shape index (κ3) is 3.15. The maximum Gasteiger partial charge on any atom is 0.258 e. The third-order valence-electron chi connectivity index (χ3n) is 4.09. The van der Waals surface area contributed by atoms with Gasteiger partial charge in [0.25, 0.3) is 5.56 Å². The minimum atomic E-state index is 0.0404. The first-order chi connectivity index (χ1) is 10.8. The van der Waals surface area contributed by atoms with Crippen LogP contribution >= 0.6 is 0 Å². The molecule has 0 amide bonds. The van der Waals surface area contributed by atoms with E-state index in [0.717, 1.165) is 44.0 Å². The van der Waals surface area contributed by atoms with Gasteiger partial charge in [-0.3, -0.25) is 9.69 Å². The van der Waals surface area contributed by atoms with Gasteiger partial charge in [-0.05, 0) is 25.1 Å². The van der Waals surface area contributed by atoms with Crippen molar-refractivity contribution in [2.24, 2.45) is 0 Å². The highest BCUT2D eigenvalue weighted by atomic mass is 16.5. The molecule has 0 atom stereocenters. The van der Waals surface area contributed by atoms with Crippen LogP contribution in [0, 0.1) is 0 Å². The lowest BCUT2D eigenvalue weighted by Crippen LogP contribution is -2.38. The quantitative estimate of drug-likeness (QED) is 0.844. The first-order valence-electron chi connectivity index (χ1n) is 7.84. The van der Waals surface area contributed by atoms with Crippen LogP contribution in [0.15, 0.2) is 35.3 Å². The Morgan fingerprint density at radius 1 is 1.18 bits per heavy atom. The second kappa shape index (κ2) is 6.94. The Bertz CT molecular complexity index is 690. The summed E-state index contributed by atoms with van der Waals surface area (Å²) in [5, 5.41) is 1.60. The largest absolute Gasteiger partial charge is 0.492 e. The van der Waals surface area contributed by atoms with Gasteiger partial charge in [0.1, 0.15) is 12.4 Å². The molecule has 0 aliphatic carbocycles. The lowest BCUT2D eigenvalue weighted by Gasteiger charge is -2.26. The topological polar surface area (TPSA) is 43.7 Å². The molecule has 0 saturated carbocycles. The zero-order valence-electron chi connectivity index (χ0n) is 13.0. The lowest BCUT2D eigenvalue weighted by molar-refractivity contribution is 0.0323. The van der Waals surface area contributed by atoms with Crippen LogP contribution in [0.25, 0.3) is 10.8 Å². The van der Waals surface area contributed by atoms with E-state index in [-0.39, 0.29) is 5.56 Å². The first-order valence-corrected chi connectivity index (χ1v) is 7.84. The maximum absolute atomic E-state index is 12.3. The van der Waals surface area contributed by atoms with Crippen molar-refractivity contribution in [2.75, 3.05) is 39.5 Å². The molecule has 2 aromatic rings. The van der Waals surface area contributed by atoms with Crippen LogP contribution in [0.2, 0.25) is 0 Å². The van der Waals surface area contributed by atoms with Gasteiger partial charge >= 0.3 is 0 Å². The fourth-order valence-electron chi connectivity index (χ4n) is 2.77. The highest BCUT2D eigenvalue weighted by Crippen LogP contribution is 2.23. The summed E-state index contributed by atoms with van der Waals surface area (Å²) in [6.45, 7) is 7.66. The van der Waals surface area contributed by atoms with E-state index in [0.29, 0.717) is 18.5 Å². The number of aryl methyl sites for hydroxylation is 1. The van der Waals surface area contributed by atoms with Gasteiger partial charge in [-0.2, -0.15) is 0 Å². The fourth-order valence-corrected chi connectivity index (χ4v) is 2.77. The van der Waals surface area contributed by atoms with Gasteiger partial charge < -0.3 is 14.0 Å². The summed E-state index contributed by atoms with van der Waals surface area (Å²) >= 11 is 0. The Hall–Kier alpha value is -1.85. The third-order valence-corrected chi connectivity index (χ3v) is 4.09. The molecule has 0 N–H and O–H groups in total. The van der Waals surface area contributed by atoms with E-state index in [1.807, 2.05) is 37.4 Å². The Balaban J connectivity index is 1.73. The van der Waals surface area contributed by atoms with Crippen LogP contribution in [0.5, 0.6) is 5.75 Å². The number of hydrogen-bond donors (Lipinski definition) is 0. The number of hydrogen-bond acceptors (Lipinski definition) is 4. The van der Waals surface area contributed by atoms with E-state index in [4.69, 9.17) is 9.47 Å². The average molecular weight is 302 g/mol. The SMILES string of the molecule is CCn1ccc2c(OCCN3CCOCC3)cccc2c1=O. The van der Waals surface area contributed by atoms with Crippen molar-refractivity contribution >= 4 is 10.8 Å². The van der Waals surface area contributed by atoms with Crippen molar-refractivity contribution in [3.63, 3.8) is 0 Å². The summed E-state index contributed by atoms with van der Waals surface area (Å²) in [5.74, 6) is 0.783. The molecule has 118 valence electrons. The van der Waals surface area contributed by atoms with Gasteiger partial charge in [0.15, 0.2) is 0 Å². The van der Waals surface area contributed by atoms with Crippen LogP contribution in [0.1, 0.15) is 6.92 Å². The van der Waals surface area contributed by atoms with Gasteiger partial charge in [0.05, 0.1) is 18.6 Å². The summed E-state index contributed by atoms with van der Waals surface area (Å²) in [6, 6.07) is 7.63. The molecule has 1 saturated heterocycles. The monoisotopic (exact) mass is 302 g/mol. The molecule has 0 bridgehead atoms. The predicted molar refractivity (Wildman–Crippen MR) is 86.6 cm³/mol. The molecule has 3 rings (SSSR count). The van der Waals surface area contributed by atoms with Gasteiger partial charge in [0.2, 0.25) is 0 Å². The lowest BCUT2D eigenvalue weighted by atomic mass is 10.1. The molecule has 1 aliphatic heterocycles. The van der Waals surface area contributed by atoms with Crippen LogP contribution < -0.4 is 10.3 Å². The minimum absolute atomic E-state index is 0.0404. The number of aromatic nitrogens is 1. The number of pyridine rings is 1. The summed E-state index contributed by atoms with van der Waals surface area (Å²) in [4.78, 5) is 14.7. The van der Waals surface area contributed by atoms with Crippen molar-refractivity contribution in [1.29, 1.82) is 0 Å². The summed E-state index contributed by atoms with van der Waals surface area (Å²) in [6.07, 6.45) is 1.83. The highest BCUT2D eigenvalue weighted by Gasteiger charge is 2.11. The second-order valence-electron chi connectivity index (χ2n) is 5.43. The number of rotatable bonds is 5. The van der Waals surface area contributed by atoms with Gasteiger partial charge in [-0.25, -0.2) is 0 Å². The summed E-state index contributed by atoms with van der Waals surface area (Å²) in [5.41, 5.74) is 0.0404. The van der Waals surface area contributed by atoms with Gasteiger partial charge in [0, 0.05) is 37.8 Å². The van der Waals surface area contributed by atoms with E-state index in [1.165, 1.54) is 0 Å². The molecule has 1 aliphatic rings.